The molecular weight excluding hydrogens is 569 g/mol. The average Bonchev–Trinajstić information content (AvgIpc) is 2.87. The molecule has 0 radical (unpaired) electrons. The number of hydrogen-bond donors (Lipinski definition) is 1. The van der Waals surface area contributed by atoms with Crippen LogP contribution in [0.3, 0.4) is 0 Å². The predicted octanol–water partition coefficient (Wildman–Crippen LogP) is 6.22. The smallest absolute Gasteiger partial charge is 0.264 e. The minimum Gasteiger partial charge on any atom is -0.350 e. The molecule has 10 heteroatoms. The van der Waals surface area contributed by atoms with Gasteiger partial charge < -0.3 is 10.2 Å². The first-order chi connectivity index (χ1) is 18.7. The third-order valence-electron chi connectivity index (χ3n) is 6.11. The summed E-state index contributed by atoms with van der Waals surface area (Å²) in [7, 11) is -4.22. The SMILES string of the molecule is CC[C@H](C(=O)NC(C)(C)C)N(Cc1cccc(C)c1)C(=O)CN(c1ccc(Cl)cc1Cl)S(=O)(=O)c1ccccc1. The molecule has 2 amide bonds. The fraction of sp³-hybridized carbons (Fsp3) is 0.333. The number of halogens is 2. The largest absolute Gasteiger partial charge is 0.350 e. The van der Waals surface area contributed by atoms with Crippen molar-refractivity contribution in [1.82, 2.24) is 10.2 Å². The molecule has 3 aromatic carbocycles. The van der Waals surface area contributed by atoms with E-state index in [-0.39, 0.29) is 28.1 Å². The zero-order valence-corrected chi connectivity index (χ0v) is 25.6. The van der Waals surface area contributed by atoms with Crippen LogP contribution >= 0.6 is 23.2 Å². The van der Waals surface area contributed by atoms with Crippen LogP contribution in [-0.2, 0) is 26.2 Å². The van der Waals surface area contributed by atoms with E-state index in [1.807, 2.05) is 58.9 Å². The van der Waals surface area contributed by atoms with Crippen molar-refractivity contribution in [3.05, 3.63) is 94.0 Å². The Balaban J connectivity index is 2.10. The van der Waals surface area contributed by atoms with Gasteiger partial charge in [0, 0.05) is 17.1 Å². The van der Waals surface area contributed by atoms with Gasteiger partial charge in [-0.15, -0.1) is 0 Å². The summed E-state index contributed by atoms with van der Waals surface area (Å²) in [6, 6.07) is 19.0. The van der Waals surface area contributed by atoms with Gasteiger partial charge in [-0.2, -0.15) is 0 Å². The van der Waals surface area contributed by atoms with E-state index in [2.05, 4.69) is 5.32 Å². The second-order valence-electron chi connectivity index (χ2n) is 10.6. The van der Waals surface area contributed by atoms with Crippen LogP contribution in [0.4, 0.5) is 5.69 Å². The Hall–Kier alpha value is -3.07. The van der Waals surface area contributed by atoms with Crippen LogP contribution in [0.2, 0.25) is 10.0 Å². The van der Waals surface area contributed by atoms with Crippen molar-refractivity contribution in [3.63, 3.8) is 0 Å². The summed E-state index contributed by atoms with van der Waals surface area (Å²) in [5.74, 6) is -0.874. The lowest BCUT2D eigenvalue weighted by molar-refractivity contribution is -0.141. The highest BCUT2D eigenvalue weighted by atomic mass is 35.5. The molecular formula is C30H35Cl2N3O4S. The average molecular weight is 605 g/mol. The molecule has 3 aromatic rings. The first-order valence-corrected chi connectivity index (χ1v) is 15.1. The molecule has 1 atom stereocenters. The molecule has 0 unspecified atom stereocenters. The van der Waals surface area contributed by atoms with E-state index in [4.69, 9.17) is 23.2 Å². The number of aryl methyl sites for hydroxylation is 1. The molecule has 0 aromatic heterocycles. The van der Waals surface area contributed by atoms with Crippen LogP contribution in [0.15, 0.2) is 77.7 Å². The van der Waals surface area contributed by atoms with Gasteiger partial charge in [0.25, 0.3) is 10.0 Å². The van der Waals surface area contributed by atoms with Crippen LogP contribution in [-0.4, -0.2) is 43.3 Å². The fourth-order valence-corrected chi connectivity index (χ4v) is 6.31. The fourth-order valence-electron chi connectivity index (χ4n) is 4.30. The van der Waals surface area contributed by atoms with Crippen molar-refractivity contribution in [1.29, 1.82) is 0 Å². The molecule has 0 fully saturated rings. The van der Waals surface area contributed by atoms with Crippen molar-refractivity contribution in [2.24, 2.45) is 0 Å². The van der Waals surface area contributed by atoms with Crippen LogP contribution in [0, 0.1) is 6.92 Å². The van der Waals surface area contributed by atoms with Crippen molar-refractivity contribution in [2.75, 3.05) is 10.8 Å². The van der Waals surface area contributed by atoms with Gasteiger partial charge in [-0.3, -0.25) is 13.9 Å². The van der Waals surface area contributed by atoms with E-state index in [1.165, 1.54) is 35.2 Å². The Morgan fingerprint density at radius 1 is 0.950 bits per heavy atom. The first-order valence-electron chi connectivity index (χ1n) is 12.9. The highest BCUT2D eigenvalue weighted by Crippen LogP contribution is 2.33. The predicted molar refractivity (Wildman–Crippen MR) is 161 cm³/mol. The van der Waals surface area contributed by atoms with Gasteiger partial charge in [-0.05, 0) is 70.0 Å². The standard InChI is InChI=1S/C30H35Cl2N3O4S/c1-6-26(29(37)33-30(3,4)5)34(19-22-12-10-11-21(2)17-22)28(36)20-35(27-16-15-23(31)18-25(27)32)40(38,39)24-13-8-7-9-14-24/h7-18,26H,6,19-20H2,1-5H3,(H,33,37)/t26-/m1/s1. The van der Waals surface area contributed by atoms with Gasteiger partial charge in [0.05, 0.1) is 15.6 Å². The van der Waals surface area contributed by atoms with Gasteiger partial charge in [-0.1, -0.05) is 78.2 Å². The first kappa shape index (κ1) is 31.5. The molecule has 40 heavy (non-hydrogen) atoms. The summed E-state index contributed by atoms with van der Waals surface area (Å²) in [5, 5.41) is 3.35. The number of carbonyl (C=O) groups excluding carboxylic acids is 2. The summed E-state index contributed by atoms with van der Waals surface area (Å²) in [4.78, 5) is 28.9. The second kappa shape index (κ2) is 13.1. The van der Waals surface area contributed by atoms with Crippen molar-refractivity contribution in [2.45, 2.75) is 64.1 Å². The molecule has 214 valence electrons. The normalized spacial score (nSPS) is 12.5. The van der Waals surface area contributed by atoms with Crippen LogP contribution < -0.4 is 9.62 Å². The molecule has 1 N–H and O–H groups in total. The van der Waals surface area contributed by atoms with Crippen molar-refractivity contribution in [3.8, 4) is 0 Å². The number of sulfonamides is 1. The number of hydrogen-bond acceptors (Lipinski definition) is 4. The second-order valence-corrected chi connectivity index (χ2v) is 13.3. The highest BCUT2D eigenvalue weighted by molar-refractivity contribution is 7.92. The van der Waals surface area contributed by atoms with E-state index in [9.17, 15) is 18.0 Å². The van der Waals surface area contributed by atoms with Gasteiger partial charge in [-0.25, -0.2) is 8.42 Å². The minimum atomic E-state index is -4.22. The highest BCUT2D eigenvalue weighted by Gasteiger charge is 2.35. The molecule has 0 saturated carbocycles. The molecule has 0 aliphatic carbocycles. The Morgan fingerprint density at radius 2 is 1.62 bits per heavy atom. The monoisotopic (exact) mass is 603 g/mol. The molecule has 0 heterocycles. The van der Waals surface area contributed by atoms with Gasteiger partial charge in [0.15, 0.2) is 0 Å². The van der Waals surface area contributed by atoms with Gasteiger partial charge in [0.1, 0.15) is 12.6 Å². The molecule has 0 bridgehead atoms. The van der Waals surface area contributed by atoms with Crippen LogP contribution in [0.5, 0.6) is 0 Å². The lowest BCUT2D eigenvalue weighted by Crippen LogP contribution is -2.55. The number of nitrogens with zero attached hydrogens (tertiary/aromatic N) is 2. The maximum Gasteiger partial charge on any atom is 0.264 e. The van der Waals surface area contributed by atoms with Gasteiger partial charge >= 0.3 is 0 Å². The maximum absolute atomic E-state index is 14.1. The summed E-state index contributed by atoms with van der Waals surface area (Å²) in [6.45, 7) is 8.88. The Morgan fingerprint density at radius 3 is 2.20 bits per heavy atom. The van der Waals surface area contributed by atoms with E-state index < -0.39 is 34.1 Å². The zero-order valence-electron chi connectivity index (χ0n) is 23.3. The minimum absolute atomic E-state index is 0.00318. The number of nitrogens with one attached hydrogen (secondary N) is 1. The molecule has 7 nitrogen and oxygen atoms in total. The Bertz CT molecular complexity index is 1460. The van der Waals surface area contributed by atoms with E-state index in [0.29, 0.717) is 11.4 Å². The molecule has 0 saturated heterocycles. The van der Waals surface area contributed by atoms with Crippen molar-refractivity contribution >= 4 is 50.7 Å². The number of carbonyl (C=O) groups is 2. The Kier molecular flexibility index (Phi) is 10.3. The number of amides is 2. The summed E-state index contributed by atoms with van der Waals surface area (Å²) in [6.07, 6.45) is 0.326. The summed E-state index contributed by atoms with van der Waals surface area (Å²) < 4.78 is 28.7. The summed E-state index contributed by atoms with van der Waals surface area (Å²) >= 11 is 12.5. The lowest BCUT2D eigenvalue weighted by Gasteiger charge is -2.35. The maximum atomic E-state index is 14.1. The van der Waals surface area contributed by atoms with Crippen molar-refractivity contribution < 1.29 is 18.0 Å². The van der Waals surface area contributed by atoms with E-state index in [1.54, 1.807) is 18.2 Å². The van der Waals surface area contributed by atoms with Gasteiger partial charge in [0.2, 0.25) is 11.8 Å². The number of anilines is 1. The third-order valence-corrected chi connectivity index (χ3v) is 8.42. The number of benzene rings is 3. The van der Waals surface area contributed by atoms with E-state index in [0.717, 1.165) is 15.4 Å². The topological polar surface area (TPSA) is 86.8 Å². The number of rotatable bonds is 10. The zero-order chi connectivity index (χ0) is 29.7. The van der Waals surface area contributed by atoms with E-state index >= 15 is 0 Å². The molecule has 0 aliphatic heterocycles. The quantitative estimate of drug-likeness (QED) is 0.298. The summed E-state index contributed by atoms with van der Waals surface area (Å²) in [5.41, 5.74) is 1.39. The third kappa shape index (κ3) is 7.99. The van der Waals surface area contributed by atoms with Crippen LogP contribution in [0.25, 0.3) is 0 Å². The Labute approximate surface area is 247 Å². The lowest BCUT2D eigenvalue weighted by atomic mass is 10.0. The van der Waals surface area contributed by atoms with Crippen LogP contribution in [0.1, 0.15) is 45.2 Å². The molecule has 0 spiro atoms. The molecule has 3 rings (SSSR count). The molecule has 0 aliphatic rings.